The lowest BCUT2D eigenvalue weighted by Crippen LogP contribution is -2.47. The number of carbonyl (C=O) groups excluding carboxylic acids is 2. The van der Waals surface area contributed by atoms with Crippen molar-refractivity contribution in [2.75, 3.05) is 23.9 Å². The van der Waals surface area contributed by atoms with Crippen LogP contribution in [0.15, 0.2) is 28.8 Å². The number of allylic oxidation sites excluding steroid dienone is 2. The fourth-order valence-corrected chi connectivity index (χ4v) is 4.16. The highest BCUT2D eigenvalue weighted by molar-refractivity contribution is 7.98. The van der Waals surface area contributed by atoms with Gasteiger partial charge in [0.2, 0.25) is 11.9 Å². The molecule has 0 saturated carbocycles. The number of carbonyl (C=O) groups is 2. The van der Waals surface area contributed by atoms with E-state index < -0.39 is 41.4 Å². The Bertz CT molecular complexity index is 1140. The van der Waals surface area contributed by atoms with Crippen molar-refractivity contribution in [1.29, 1.82) is 5.26 Å². The quantitative estimate of drug-likeness (QED) is 0.183. The van der Waals surface area contributed by atoms with Crippen LogP contribution in [0.4, 0.5) is 29.7 Å². The SMILES string of the molecule is CSc1nc(N)nc(N[C@@H](CCCCNC(=O)OC(C)(C)C)C(=O)NC2C=C(C(F)(F)F)C=CC2C)c1C#N. The molecule has 10 nitrogen and oxygen atoms in total. The van der Waals surface area contributed by atoms with E-state index in [0.717, 1.165) is 12.2 Å². The number of unbranched alkanes of at least 4 members (excludes halogenated alkanes) is 1. The number of rotatable bonds is 10. The zero-order valence-corrected chi connectivity index (χ0v) is 23.3. The van der Waals surface area contributed by atoms with E-state index in [1.165, 1.54) is 17.8 Å². The number of alkyl halides is 3. The zero-order chi connectivity index (χ0) is 29.4. The third-order valence-corrected chi connectivity index (χ3v) is 6.24. The maximum atomic E-state index is 13.3. The molecule has 0 fully saturated rings. The number of ether oxygens (including phenoxy) is 1. The van der Waals surface area contributed by atoms with Gasteiger partial charge in [0.15, 0.2) is 5.82 Å². The van der Waals surface area contributed by atoms with Gasteiger partial charge in [0, 0.05) is 6.54 Å². The topological polar surface area (TPSA) is 155 Å². The lowest BCUT2D eigenvalue weighted by atomic mass is 9.92. The van der Waals surface area contributed by atoms with Crippen molar-refractivity contribution in [3.05, 3.63) is 29.4 Å². The number of amides is 2. The van der Waals surface area contributed by atoms with Gasteiger partial charge in [0.1, 0.15) is 28.3 Å². The fraction of sp³-hybridized carbons (Fsp3) is 0.560. The van der Waals surface area contributed by atoms with Gasteiger partial charge >= 0.3 is 12.3 Å². The number of nitrogens with zero attached hydrogens (tertiary/aromatic N) is 3. The number of nitrogens with one attached hydrogen (secondary N) is 3. The van der Waals surface area contributed by atoms with Crippen LogP contribution in [0, 0.1) is 17.2 Å². The fourth-order valence-electron chi connectivity index (χ4n) is 3.62. The van der Waals surface area contributed by atoms with Crippen molar-refractivity contribution in [3.8, 4) is 6.07 Å². The Hall–Kier alpha value is -3.47. The molecule has 1 aromatic rings. The third-order valence-electron chi connectivity index (χ3n) is 5.55. The standard InChI is InChI=1S/C25H34F3N7O3S/c1-14-9-10-15(25(26,27)28)12-18(14)33-20(36)17(8-6-7-11-31-23(37)38-24(2,3)4)32-19-16(13-29)21(39-5)35-22(30)34-19/h9-10,12,14,17-18H,6-8,11H2,1-5H3,(H,31,37)(H,33,36)(H3,30,32,34,35)/t14?,17-,18?/m0/s1. The Labute approximate surface area is 230 Å². The first-order chi connectivity index (χ1) is 18.1. The zero-order valence-electron chi connectivity index (χ0n) is 22.5. The van der Waals surface area contributed by atoms with Crippen molar-refractivity contribution in [1.82, 2.24) is 20.6 Å². The van der Waals surface area contributed by atoms with Crippen molar-refractivity contribution >= 4 is 35.5 Å². The molecule has 1 heterocycles. The molecule has 39 heavy (non-hydrogen) atoms. The number of nitriles is 1. The van der Waals surface area contributed by atoms with Gasteiger partial charge in [-0.25, -0.2) is 9.78 Å². The Morgan fingerprint density at radius 3 is 2.54 bits per heavy atom. The average molecular weight is 570 g/mol. The van der Waals surface area contributed by atoms with E-state index in [-0.39, 0.29) is 36.2 Å². The average Bonchev–Trinajstić information content (AvgIpc) is 2.82. The molecule has 1 aliphatic rings. The third kappa shape index (κ3) is 9.97. The van der Waals surface area contributed by atoms with Crippen LogP contribution in [0.25, 0.3) is 0 Å². The summed E-state index contributed by atoms with van der Waals surface area (Å²) in [5.74, 6) is -1.02. The molecule has 1 aromatic heterocycles. The molecule has 1 aliphatic carbocycles. The summed E-state index contributed by atoms with van der Waals surface area (Å²) in [5, 5.41) is 18.2. The van der Waals surface area contributed by atoms with E-state index in [1.54, 1.807) is 34.0 Å². The molecule has 0 radical (unpaired) electrons. The second-order valence-corrected chi connectivity index (χ2v) is 10.7. The number of alkyl carbamates (subject to hydrolysis) is 1. The van der Waals surface area contributed by atoms with Crippen LogP contribution in [0.1, 0.15) is 52.5 Å². The highest BCUT2D eigenvalue weighted by Crippen LogP contribution is 2.31. The monoisotopic (exact) mass is 569 g/mol. The van der Waals surface area contributed by atoms with Crippen LogP contribution in [-0.2, 0) is 9.53 Å². The van der Waals surface area contributed by atoms with Crippen LogP contribution in [0.2, 0.25) is 0 Å². The van der Waals surface area contributed by atoms with E-state index in [9.17, 15) is 28.0 Å². The van der Waals surface area contributed by atoms with E-state index >= 15 is 0 Å². The lowest BCUT2D eigenvalue weighted by molar-refractivity contribution is -0.122. The highest BCUT2D eigenvalue weighted by atomic mass is 32.2. The molecule has 14 heteroatoms. The number of hydrogen-bond donors (Lipinski definition) is 4. The van der Waals surface area contributed by atoms with Crippen LogP contribution < -0.4 is 21.7 Å². The van der Waals surface area contributed by atoms with Gasteiger partial charge in [-0.1, -0.05) is 19.1 Å². The van der Waals surface area contributed by atoms with Crippen molar-refractivity contribution in [2.45, 2.75) is 75.8 Å². The van der Waals surface area contributed by atoms with Gasteiger partial charge < -0.3 is 26.4 Å². The molecule has 3 atom stereocenters. The van der Waals surface area contributed by atoms with Crippen molar-refractivity contribution in [3.63, 3.8) is 0 Å². The summed E-state index contributed by atoms with van der Waals surface area (Å²) >= 11 is 1.18. The van der Waals surface area contributed by atoms with E-state index in [0.29, 0.717) is 17.9 Å². The Morgan fingerprint density at radius 2 is 1.95 bits per heavy atom. The lowest BCUT2D eigenvalue weighted by Gasteiger charge is -2.28. The molecule has 214 valence electrons. The maximum Gasteiger partial charge on any atom is 0.416 e. The molecule has 0 aromatic carbocycles. The molecule has 5 N–H and O–H groups in total. The van der Waals surface area contributed by atoms with Gasteiger partial charge in [0.25, 0.3) is 0 Å². The van der Waals surface area contributed by atoms with Crippen LogP contribution >= 0.6 is 11.8 Å². The van der Waals surface area contributed by atoms with Crippen LogP contribution in [0.5, 0.6) is 0 Å². The Kier molecular flexibility index (Phi) is 11.0. The smallest absolute Gasteiger partial charge is 0.416 e. The Balaban J connectivity index is 2.19. The van der Waals surface area contributed by atoms with Crippen molar-refractivity contribution < 1.29 is 27.5 Å². The number of halogens is 3. The first-order valence-corrected chi connectivity index (χ1v) is 13.5. The number of hydrogen-bond acceptors (Lipinski definition) is 9. The summed E-state index contributed by atoms with van der Waals surface area (Å²) < 4.78 is 45.0. The molecule has 2 amide bonds. The first kappa shape index (κ1) is 31.7. The summed E-state index contributed by atoms with van der Waals surface area (Å²) in [6, 6.07) is 0.137. The molecular weight excluding hydrogens is 535 g/mol. The molecule has 2 unspecified atom stereocenters. The minimum atomic E-state index is -4.55. The molecule has 0 aliphatic heterocycles. The molecule has 0 saturated heterocycles. The summed E-state index contributed by atoms with van der Waals surface area (Å²) in [5.41, 5.74) is 4.39. The normalized spacial score (nSPS) is 18.0. The van der Waals surface area contributed by atoms with Gasteiger partial charge in [-0.3, -0.25) is 4.79 Å². The summed E-state index contributed by atoms with van der Waals surface area (Å²) in [6.45, 7) is 7.21. The first-order valence-electron chi connectivity index (χ1n) is 12.3. The van der Waals surface area contributed by atoms with Gasteiger partial charge in [-0.2, -0.15) is 23.4 Å². The predicted octanol–water partition coefficient (Wildman–Crippen LogP) is 4.31. The molecule has 0 bridgehead atoms. The second-order valence-electron chi connectivity index (χ2n) is 9.92. The number of nitrogen functional groups attached to an aromatic ring is 1. The summed E-state index contributed by atoms with van der Waals surface area (Å²) in [6.07, 6.45) is 1.11. The van der Waals surface area contributed by atoms with E-state index in [2.05, 4.69) is 25.9 Å². The molecular formula is C25H34F3N7O3S. The molecule has 0 spiro atoms. The van der Waals surface area contributed by atoms with Gasteiger partial charge in [-0.05, 0) is 58.3 Å². The van der Waals surface area contributed by atoms with E-state index in [1.807, 2.05) is 6.07 Å². The van der Waals surface area contributed by atoms with Crippen LogP contribution in [0.3, 0.4) is 0 Å². The predicted molar refractivity (Wildman–Crippen MR) is 143 cm³/mol. The number of aromatic nitrogens is 2. The van der Waals surface area contributed by atoms with Crippen molar-refractivity contribution in [2.24, 2.45) is 5.92 Å². The van der Waals surface area contributed by atoms with E-state index in [4.69, 9.17) is 10.5 Å². The minimum Gasteiger partial charge on any atom is -0.444 e. The summed E-state index contributed by atoms with van der Waals surface area (Å²) in [7, 11) is 0. The molecule has 2 rings (SSSR count). The van der Waals surface area contributed by atoms with Gasteiger partial charge in [0.05, 0.1) is 11.6 Å². The maximum absolute atomic E-state index is 13.3. The Morgan fingerprint density at radius 1 is 1.26 bits per heavy atom. The highest BCUT2D eigenvalue weighted by Gasteiger charge is 2.35. The largest absolute Gasteiger partial charge is 0.444 e. The van der Waals surface area contributed by atoms with Crippen LogP contribution in [-0.4, -0.2) is 58.6 Å². The summed E-state index contributed by atoms with van der Waals surface area (Å²) in [4.78, 5) is 33.3. The number of thioether (sulfide) groups is 1. The number of anilines is 2. The van der Waals surface area contributed by atoms with Gasteiger partial charge in [-0.15, -0.1) is 11.8 Å². The second kappa shape index (κ2) is 13.5. The number of nitrogens with two attached hydrogens (primary N) is 1. The minimum absolute atomic E-state index is 0.0458.